The molecule has 0 unspecified atom stereocenters. The first kappa shape index (κ1) is 13.1. The molecule has 0 aliphatic carbocycles. The molecule has 0 saturated carbocycles. The summed E-state index contributed by atoms with van der Waals surface area (Å²) in [6.45, 7) is 1.64. The Balaban J connectivity index is 3.25. The molecule has 1 aromatic heterocycles. The summed E-state index contributed by atoms with van der Waals surface area (Å²) in [5, 5.41) is 0. The molecule has 0 bridgehead atoms. The van der Waals surface area contributed by atoms with Crippen LogP contribution in [0.5, 0.6) is 0 Å². The Bertz CT molecular complexity index is 459. The van der Waals surface area contributed by atoms with Gasteiger partial charge in [-0.2, -0.15) is 0 Å². The molecule has 0 saturated heterocycles. The van der Waals surface area contributed by atoms with E-state index in [0.29, 0.717) is 0 Å². The van der Waals surface area contributed by atoms with E-state index in [-0.39, 0.29) is 15.9 Å². The van der Waals surface area contributed by atoms with Gasteiger partial charge in [0.1, 0.15) is 5.56 Å². The maximum atomic E-state index is 12.5. The van der Waals surface area contributed by atoms with Crippen molar-refractivity contribution < 1.29 is 18.3 Å². The molecule has 1 aromatic rings. The zero-order valence-corrected chi connectivity index (χ0v) is 10.4. The molecule has 88 valence electrons. The van der Waals surface area contributed by atoms with E-state index in [1.165, 1.54) is 0 Å². The van der Waals surface area contributed by atoms with Crippen LogP contribution in [0.1, 0.15) is 29.3 Å². The van der Waals surface area contributed by atoms with E-state index in [4.69, 9.17) is 0 Å². The van der Waals surface area contributed by atoms with E-state index < -0.39 is 23.5 Å². The van der Waals surface area contributed by atoms with Gasteiger partial charge in [-0.15, -0.1) is 0 Å². The lowest BCUT2D eigenvalue weighted by Crippen LogP contribution is -2.21. The van der Waals surface area contributed by atoms with Crippen LogP contribution in [0.4, 0.5) is 8.78 Å². The van der Waals surface area contributed by atoms with Crippen LogP contribution in [0.2, 0.25) is 0 Å². The van der Waals surface area contributed by atoms with Gasteiger partial charge in [0.2, 0.25) is 0 Å². The highest BCUT2D eigenvalue weighted by molar-refractivity contribution is 14.1. The summed E-state index contributed by atoms with van der Waals surface area (Å²) in [5.74, 6) is -0.901. The topological polar surface area (TPSA) is 59.2 Å². The van der Waals surface area contributed by atoms with Gasteiger partial charge >= 0.3 is 5.97 Å². The van der Waals surface area contributed by atoms with Gasteiger partial charge in [0, 0.05) is 5.56 Å². The standard InChI is InChI=1S/C9H8F2INO3/c1-2-16-9(15)5-3-4(6(10)11)7(12)13-8(5)14/h3,6H,2H2,1H3,(H,13,14). The predicted molar refractivity (Wildman–Crippen MR) is 60.7 cm³/mol. The number of aromatic nitrogens is 1. The number of aromatic amines is 1. The minimum atomic E-state index is -2.75. The van der Waals surface area contributed by atoms with Crippen molar-refractivity contribution in [2.75, 3.05) is 6.61 Å². The number of carbonyl (C=O) groups excluding carboxylic acids is 1. The van der Waals surface area contributed by atoms with Gasteiger partial charge in [0.15, 0.2) is 0 Å². The van der Waals surface area contributed by atoms with Gasteiger partial charge in [-0.05, 0) is 35.6 Å². The van der Waals surface area contributed by atoms with E-state index in [9.17, 15) is 18.4 Å². The molecule has 1 rings (SSSR count). The monoisotopic (exact) mass is 343 g/mol. The van der Waals surface area contributed by atoms with Crippen LogP contribution in [0.15, 0.2) is 10.9 Å². The fraction of sp³-hybridized carbons (Fsp3) is 0.333. The van der Waals surface area contributed by atoms with Crippen molar-refractivity contribution in [1.82, 2.24) is 4.98 Å². The second-order valence-corrected chi connectivity index (χ2v) is 3.88. The molecule has 1 N–H and O–H groups in total. The lowest BCUT2D eigenvalue weighted by atomic mass is 10.2. The van der Waals surface area contributed by atoms with Gasteiger partial charge in [-0.3, -0.25) is 4.79 Å². The first-order chi connectivity index (χ1) is 7.47. The Morgan fingerprint density at radius 3 is 2.75 bits per heavy atom. The molecule has 0 radical (unpaired) electrons. The number of rotatable bonds is 3. The lowest BCUT2D eigenvalue weighted by molar-refractivity contribution is 0.0523. The van der Waals surface area contributed by atoms with Crippen LogP contribution in [0.3, 0.4) is 0 Å². The summed E-state index contributed by atoms with van der Waals surface area (Å²) in [5.41, 5.74) is -1.52. The zero-order chi connectivity index (χ0) is 12.3. The highest BCUT2D eigenvalue weighted by Gasteiger charge is 2.19. The van der Waals surface area contributed by atoms with E-state index in [0.717, 1.165) is 6.07 Å². The highest BCUT2D eigenvalue weighted by atomic mass is 127. The molecule has 7 heteroatoms. The first-order valence-electron chi connectivity index (χ1n) is 4.35. The van der Waals surface area contributed by atoms with Crippen molar-refractivity contribution in [2.45, 2.75) is 13.3 Å². The summed E-state index contributed by atoms with van der Waals surface area (Å²) in [6, 6.07) is 0.864. The van der Waals surface area contributed by atoms with E-state index in [1.807, 2.05) is 0 Å². The minimum Gasteiger partial charge on any atom is -0.462 e. The quantitative estimate of drug-likeness (QED) is 0.520. The van der Waals surface area contributed by atoms with Crippen molar-refractivity contribution in [3.05, 3.63) is 31.2 Å². The van der Waals surface area contributed by atoms with E-state index in [2.05, 4.69) is 9.72 Å². The van der Waals surface area contributed by atoms with Crippen molar-refractivity contribution >= 4 is 28.6 Å². The van der Waals surface area contributed by atoms with Crippen LogP contribution in [-0.2, 0) is 4.74 Å². The number of alkyl halides is 2. The molecule has 0 aromatic carbocycles. The maximum Gasteiger partial charge on any atom is 0.343 e. The van der Waals surface area contributed by atoms with E-state index >= 15 is 0 Å². The van der Waals surface area contributed by atoms with Crippen LogP contribution < -0.4 is 5.56 Å². The SMILES string of the molecule is CCOC(=O)c1cc(C(F)F)c(I)[nH]c1=O. The Kier molecular flexibility index (Phi) is 4.39. The van der Waals surface area contributed by atoms with Gasteiger partial charge in [-0.1, -0.05) is 0 Å². The number of H-pyrrole nitrogens is 1. The number of ether oxygens (including phenoxy) is 1. The van der Waals surface area contributed by atoms with Crippen LogP contribution >= 0.6 is 22.6 Å². The third kappa shape index (κ3) is 2.77. The Labute approximate surface area is 103 Å². The fourth-order valence-electron chi connectivity index (χ4n) is 1.04. The molecule has 0 aliphatic rings. The van der Waals surface area contributed by atoms with Crippen LogP contribution in [0, 0.1) is 3.70 Å². The molecule has 4 nitrogen and oxygen atoms in total. The minimum absolute atomic E-state index is 0.0191. The first-order valence-corrected chi connectivity index (χ1v) is 5.43. The Morgan fingerprint density at radius 1 is 1.62 bits per heavy atom. The van der Waals surface area contributed by atoms with Crippen molar-refractivity contribution in [2.24, 2.45) is 0 Å². The van der Waals surface area contributed by atoms with Crippen molar-refractivity contribution in [3.8, 4) is 0 Å². The van der Waals surface area contributed by atoms with Crippen LogP contribution in [0.25, 0.3) is 0 Å². The second-order valence-electron chi connectivity index (χ2n) is 2.80. The number of pyridine rings is 1. The van der Waals surface area contributed by atoms with Gasteiger partial charge < -0.3 is 9.72 Å². The Hall–Kier alpha value is -0.990. The lowest BCUT2D eigenvalue weighted by Gasteiger charge is -2.05. The molecular formula is C9H8F2INO3. The van der Waals surface area contributed by atoms with Crippen molar-refractivity contribution in [1.29, 1.82) is 0 Å². The second kappa shape index (κ2) is 5.37. The molecule has 0 fully saturated rings. The van der Waals surface area contributed by atoms with Crippen LogP contribution in [-0.4, -0.2) is 17.6 Å². The molecule has 0 amide bonds. The molecule has 0 aliphatic heterocycles. The smallest absolute Gasteiger partial charge is 0.343 e. The van der Waals surface area contributed by atoms with Crippen molar-refractivity contribution in [3.63, 3.8) is 0 Å². The molecule has 16 heavy (non-hydrogen) atoms. The number of hydrogen-bond acceptors (Lipinski definition) is 3. The highest BCUT2D eigenvalue weighted by Crippen LogP contribution is 2.22. The third-order valence-corrected chi connectivity index (χ3v) is 2.64. The fourth-order valence-corrected chi connectivity index (χ4v) is 1.68. The largest absolute Gasteiger partial charge is 0.462 e. The third-order valence-electron chi connectivity index (χ3n) is 1.75. The van der Waals surface area contributed by atoms with Gasteiger partial charge in [0.05, 0.1) is 10.3 Å². The Morgan fingerprint density at radius 2 is 2.25 bits per heavy atom. The number of halogens is 3. The summed E-state index contributed by atoms with van der Waals surface area (Å²) in [7, 11) is 0. The summed E-state index contributed by atoms with van der Waals surface area (Å²) in [4.78, 5) is 24.8. The predicted octanol–water partition coefficient (Wildman–Crippen LogP) is 2.09. The number of hydrogen-bond donors (Lipinski definition) is 1. The summed E-state index contributed by atoms with van der Waals surface area (Å²) >= 11 is 1.58. The average Bonchev–Trinajstić information content (AvgIpc) is 2.17. The average molecular weight is 343 g/mol. The number of carbonyl (C=O) groups is 1. The maximum absolute atomic E-state index is 12.5. The number of nitrogens with one attached hydrogen (secondary N) is 1. The molecule has 1 heterocycles. The van der Waals surface area contributed by atoms with E-state index in [1.54, 1.807) is 29.5 Å². The van der Waals surface area contributed by atoms with Gasteiger partial charge in [-0.25, -0.2) is 13.6 Å². The summed E-state index contributed by atoms with van der Waals surface area (Å²) < 4.78 is 29.6. The number of esters is 1. The van der Waals surface area contributed by atoms with Gasteiger partial charge in [0.25, 0.3) is 12.0 Å². The zero-order valence-electron chi connectivity index (χ0n) is 8.22. The molecular weight excluding hydrogens is 335 g/mol. The molecule has 0 spiro atoms. The molecule has 0 atom stereocenters. The summed E-state index contributed by atoms with van der Waals surface area (Å²) in [6.07, 6.45) is -2.75. The normalized spacial score (nSPS) is 10.6.